The highest BCUT2D eigenvalue weighted by Gasteiger charge is 2.14. The molecule has 6 nitrogen and oxygen atoms in total. The third-order valence-corrected chi connectivity index (χ3v) is 2.95. The van der Waals surface area contributed by atoms with Gasteiger partial charge >= 0.3 is 0 Å². The van der Waals surface area contributed by atoms with Crippen LogP contribution in [0.15, 0.2) is 36.4 Å². The summed E-state index contributed by atoms with van der Waals surface area (Å²) in [4.78, 5) is 10.2. The molecule has 0 heterocycles. The van der Waals surface area contributed by atoms with Crippen LogP contribution in [0.3, 0.4) is 0 Å². The molecule has 0 aliphatic carbocycles. The summed E-state index contributed by atoms with van der Waals surface area (Å²) in [6.07, 6.45) is 0. The number of rotatable bonds is 4. The predicted octanol–water partition coefficient (Wildman–Crippen LogP) is 3.53. The van der Waals surface area contributed by atoms with Gasteiger partial charge in [-0.2, -0.15) is 5.26 Å². The molecule has 0 saturated heterocycles. The van der Waals surface area contributed by atoms with E-state index in [-0.39, 0.29) is 11.3 Å². The smallest absolute Gasteiger partial charge is 0.287 e. The number of nitrogens with one attached hydrogen (secondary N) is 1. The molecule has 0 amide bonds. The number of nitriles is 1. The van der Waals surface area contributed by atoms with Crippen molar-refractivity contribution < 1.29 is 9.66 Å². The van der Waals surface area contributed by atoms with E-state index >= 15 is 0 Å². The summed E-state index contributed by atoms with van der Waals surface area (Å²) in [5, 5.41) is 22.9. The largest absolute Gasteiger partial charge is 0.495 e. The minimum Gasteiger partial charge on any atom is -0.495 e. The van der Waals surface area contributed by atoms with Crippen molar-refractivity contribution in [2.24, 2.45) is 0 Å². The van der Waals surface area contributed by atoms with Crippen LogP contribution in [0.5, 0.6) is 5.75 Å². The number of aryl methyl sites for hydroxylation is 1. The van der Waals surface area contributed by atoms with Gasteiger partial charge < -0.3 is 10.1 Å². The van der Waals surface area contributed by atoms with E-state index < -0.39 is 4.92 Å². The van der Waals surface area contributed by atoms with Crippen LogP contribution in [-0.2, 0) is 0 Å². The second kappa shape index (κ2) is 5.92. The zero-order valence-corrected chi connectivity index (χ0v) is 11.6. The fourth-order valence-electron chi connectivity index (χ4n) is 1.94. The van der Waals surface area contributed by atoms with Crippen molar-refractivity contribution in [1.29, 1.82) is 5.26 Å². The quantitative estimate of drug-likeness (QED) is 0.685. The molecule has 0 radical (unpaired) electrons. The molecule has 0 bridgehead atoms. The number of benzene rings is 2. The Labute approximate surface area is 121 Å². The number of nitrogens with zero attached hydrogens (tertiary/aromatic N) is 2. The predicted molar refractivity (Wildman–Crippen MR) is 78.8 cm³/mol. The van der Waals surface area contributed by atoms with Crippen LogP contribution in [0.25, 0.3) is 0 Å². The first-order valence-corrected chi connectivity index (χ1v) is 6.15. The van der Waals surface area contributed by atoms with Crippen molar-refractivity contribution in [2.45, 2.75) is 6.92 Å². The lowest BCUT2D eigenvalue weighted by Gasteiger charge is -2.12. The van der Waals surface area contributed by atoms with Gasteiger partial charge in [0.25, 0.3) is 5.69 Å². The Morgan fingerprint density at radius 2 is 2.05 bits per heavy atom. The lowest BCUT2D eigenvalue weighted by molar-refractivity contribution is -0.385. The average molecular weight is 283 g/mol. The molecule has 1 N–H and O–H groups in total. The molecule has 0 atom stereocenters. The van der Waals surface area contributed by atoms with E-state index in [0.717, 1.165) is 11.3 Å². The first-order valence-electron chi connectivity index (χ1n) is 6.15. The minimum absolute atomic E-state index is 0.0108. The van der Waals surface area contributed by atoms with Crippen LogP contribution in [0, 0.1) is 28.4 Å². The van der Waals surface area contributed by atoms with Crippen molar-refractivity contribution in [1.82, 2.24) is 0 Å². The van der Waals surface area contributed by atoms with Gasteiger partial charge in [-0.3, -0.25) is 10.1 Å². The van der Waals surface area contributed by atoms with Crippen molar-refractivity contribution in [3.05, 3.63) is 57.6 Å². The fourth-order valence-corrected chi connectivity index (χ4v) is 1.94. The summed E-state index contributed by atoms with van der Waals surface area (Å²) in [7, 11) is 1.56. The molecule has 0 unspecified atom stereocenters. The normalized spacial score (nSPS) is 9.76. The first-order chi connectivity index (χ1) is 10.0. The number of anilines is 2. The number of methoxy groups -OCH3 is 1. The Bertz CT molecular complexity index is 735. The van der Waals surface area contributed by atoms with Crippen molar-refractivity contribution >= 4 is 17.1 Å². The SMILES string of the molecule is COc1ccc(C)cc1Nc1ccc([N+](=O)[O-])c(C#N)c1. The van der Waals surface area contributed by atoms with Crippen LogP contribution in [0.1, 0.15) is 11.1 Å². The van der Waals surface area contributed by atoms with E-state index in [2.05, 4.69) is 5.32 Å². The van der Waals surface area contributed by atoms with Crippen molar-refractivity contribution in [2.75, 3.05) is 12.4 Å². The molecule has 106 valence electrons. The van der Waals surface area contributed by atoms with Crippen LogP contribution < -0.4 is 10.1 Å². The van der Waals surface area contributed by atoms with Gasteiger partial charge in [-0.25, -0.2) is 0 Å². The van der Waals surface area contributed by atoms with E-state index in [1.807, 2.05) is 31.2 Å². The van der Waals surface area contributed by atoms with Gasteiger partial charge in [-0.1, -0.05) is 6.07 Å². The van der Waals surface area contributed by atoms with E-state index in [1.165, 1.54) is 12.1 Å². The zero-order chi connectivity index (χ0) is 15.4. The molecule has 0 aliphatic rings. The summed E-state index contributed by atoms with van der Waals surface area (Å²) >= 11 is 0. The summed E-state index contributed by atoms with van der Waals surface area (Å²) in [6, 6.07) is 11.8. The van der Waals surface area contributed by atoms with E-state index in [9.17, 15) is 10.1 Å². The topological polar surface area (TPSA) is 88.2 Å². The van der Waals surface area contributed by atoms with Gasteiger partial charge in [0.05, 0.1) is 17.7 Å². The number of nitro groups is 1. The molecule has 21 heavy (non-hydrogen) atoms. The molecule has 2 aromatic carbocycles. The summed E-state index contributed by atoms with van der Waals surface area (Å²) in [5.74, 6) is 0.650. The van der Waals surface area contributed by atoms with Crippen LogP contribution in [0.2, 0.25) is 0 Å². The van der Waals surface area contributed by atoms with Gasteiger partial charge in [0.15, 0.2) is 0 Å². The molecular formula is C15H13N3O3. The highest BCUT2D eigenvalue weighted by Crippen LogP contribution is 2.30. The molecule has 2 aromatic rings. The Hall–Kier alpha value is -3.07. The van der Waals surface area contributed by atoms with Gasteiger partial charge in [-0.15, -0.1) is 0 Å². The van der Waals surface area contributed by atoms with Gasteiger partial charge in [0, 0.05) is 11.8 Å². The summed E-state index contributed by atoms with van der Waals surface area (Å²) in [5.41, 5.74) is 2.16. The molecule has 0 aromatic heterocycles. The molecule has 2 rings (SSSR count). The molecule has 0 aliphatic heterocycles. The molecular weight excluding hydrogens is 270 g/mol. The lowest BCUT2D eigenvalue weighted by atomic mass is 10.1. The number of ether oxygens (including phenoxy) is 1. The molecule has 0 fully saturated rings. The number of hydrogen-bond donors (Lipinski definition) is 1. The van der Waals surface area contributed by atoms with Crippen molar-refractivity contribution in [3.8, 4) is 11.8 Å². The second-order valence-corrected chi connectivity index (χ2v) is 4.43. The number of nitro benzene ring substituents is 1. The maximum atomic E-state index is 10.8. The molecule has 0 spiro atoms. The number of hydrogen-bond acceptors (Lipinski definition) is 5. The van der Waals surface area contributed by atoms with Gasteiger partial charge in [-0.05, 0) is 36.8 Å². The van der Waals surface area contributed by atoms with E-state index in [1.54, 1.807) is 13.2 Å². The monoisotopic (exact) mass is 283 g/mol. The Kier molecular flexibility index (Phi) is 4.05. The zero-order valence-electron chi connectivity index (χ0n) is 11.6. The molecule has 0 saturated carbocycles. The minimum atomic E-state index is -0.574. The van der Waals surface area contributed by atoms with Crippen molar-refractivity contribution in [3.63, 3.8) is 0 Å². The van der Waals surface area contributed by atoms with Gasteiger partial charge in [0.2, 0.25) is 0 Å². The maximum absolute atomic E-state index is 10.8. The highest BCUT2D eigenvalue weighted by molar-refractivity contribution is 5.69. The average Bonchev–Trinajstić information content (AvgIpc) is 2.47. The summed E-state index contributed by atoms with van der Waals surface area (Å²) in [6.45, 7) is 1.95. The fraction of sp³-hybridized carbons (Fsp3) is 0.133. The van der Waals surface area contributed by atoms with Crippen LogP contribution >= 0.6 is 0 Å². The van der Waals surface area contributed by atoms with E-state index in [0.29, 0.717) is 11.4 Å². The Balaban J connectivity index is 2.39. The Morgan fingerprint density at radius 3 is 2.67 bits per heavy atom. The first kappa shape index (κ1) is 14.3. The summed E-state index contributed by atoms with van der Waals surface area (Å²) < 4.78 is 5.26. The molecule has 6 heteroatoms. The standard InChI is InChI=1S/C15H13N3O3/c1-10-3-6-15(21-2)13(7-10)17-12-4-5-14(18(19)20)11(8-12)9-16/h3-8,17H,1-2H3. The lowest BCUT2D eigenvalue weighted by Crippen LogP contribution is -1.97. The third-order valence-electron chi connectivity index (χ3n) is 2.95. The second-order valence-electron chi connectivity index (χ2n) is 4.43. The highest BCUT2D eigenvalue weighted by atomic mass is 16.6. The van der Waals surface area contributed by atoms with Gasteiger partial charge in [0.1, 0.15) is 17.4 Å². The maximum Gasteiger partial charge on any atom is 0.287 e. The third kappa shape index (κ3) is 3.09. The van der Waals surface area contributed by atoms with Crippen LogP contribution in [0.4, 0.5) is 17.1 Å². The Morgan fingerprint density at radius 1 is 1.29 bits per heavy atom. The van der Waals surface area contributed by atoms with E-state index in [4.69, 9.17) is 10.00 Å². The van der Waals surface area contributed by atoms with Crippen LogP contribution in [-0.4, -0.2) is 12.0 Å².